The molecule has 2 heteroatoms. The third kappa shape index (κ3) is 24500. The van der Waals surface area contributed by atoms with Crippen LogP contribution >= 0.6 is 0 Å². The Balaban J connectivity index is -0.0000000116. The van der Waals surface area contributed by atoms with E-state index in [0.29, 0.717) is 0 Å². The van der Waals surface area contributed by atoms with Crippen LogP contribution < -0.4 is 0 Å². The van der Waals surface area contributed by atoms with E-state index in [0.717, 1.165) is 0 Å². The van der Waals surface area contributed by atoms with Gasteiger partial charge in [-0.2, -0.15) is 0 Å². The van der Waals surface area contributed by atoms with Crippen molar-refractivity contribution in [2.24, 2.45) is 0 Å². The van der Waals surface area contributed by atoms with Crippen molar-refractivity contribution in [2.45, 2.75) is 54.4 Å². The first-order chi connectivity index (χ1) is 3.83. The second kappa shape index (κ2) is 133. The highest BCUT2D eigenvalue weighted by atomic mass is 13.4. The molecule has 0 bridgehead atoms. The molecule has 0 aromatic carbocycles. The topological polar surface area (TPSA) is 0 Å². The first-order valence-electron chi connectivity index (χ1n) is 3.83. The Morgan fingerprint density at radius 2 is 0.600 bits per heavy atom. The lowest BCUT2D eigenvalue weighted by Crippen LogP contribution is -1.27. The summed E-state index contributed by atoms with van der Waals surface area (Å²) in [5, 5.41) is 0. The molecular formula is C8H22B2. The number of hydrogen-bond acceptors (Lipinski definition) is 0. The van der Waals surface area contributed by atoms with Crippen LogP contribution in [0, 0.1) is 0 Å². The van der Waals surface area contributed by atoms with Gasteiger partial charge in [0.25, 0.3) is 0 Å². The van der Waals surface area contributed by atoms with Crippen molar-refractivity contribution in [3.8, 4) is 0 Å². The molecule has 0 saturated carbocycles. The van der Waals surface area contributed by atoms with Crippen LogP contribution in [0.5, 0.6) is 0 Å². The molecule has 6 radical (unpaired) electrons. The van der Waals surface area contributed by atoms with E-state index in [2.05, 4.69) is 27.7 Å². The summed E-state index contributed by atoms with van der Waals surface area (Å²) in [4.78, 5) is 0. The van der Waals surface area contributed by atoms with E-state index < -0.39 is 0 Å². The lowest BCUT2D eigenvalue weighted by Gasteiger charge is -1.48. The minimum absolute atomic E-state index is 0. The SMILES string of the molecule is CC.CCC.CCC.[B].[B]. The zero-order chi connectivity index (χ0) is 7.41. The van der Waals surface area contributed by atoms with Crippen LogP contribution in [-0.2, 0) is 0 Å². The van der Waals surface area contributed by atoms with Crippen LogP contribution in [0.2, 0.25) is 0 Å². The molecule has 0 N–H and O–H groups in total. The zero-order valence-corrected chi connectivity index (χ0v) is 8.57. The zero-order valence-electron chi connectivity index (χ0n) is 8.57. The highest BCUT2D eigenvalue weighted by Crippen LogP contribution is 1.56. The van der Waals surface area contributed by atoms with E-state index >= 15 is 0 Å². The monoisotopic (exact) mass is 140 g/mol. The molecule has 0 rings (SSSR count). The van der Waals surface area contributed by atoms with Crippen LogP contribution in [-0.4, -0.2) is 16.8 Å². The van der Waals surface area contributed by atoms with Gasteiger partial charge in [0.05, 0.1) is 0 Å². The quantitative estimate of drug-likeness (QED) is 0.453. The normalized spacial score (nSPS) is 4.20. The summed E-state index contributed by atoms with van der Waals surface area (Å²) in [5.41, 5.74) is 0. The third-order valence-corrected chi connectivity index (χ3v) is 0. The molecule has 0 fully saturated rings. The number of hydrogen-bond donors (Lipinski definition) is 0. The van der Waals surface area contributed by atoms with Crippen molar-refractivity contribution in [3.63, 3.8) is 0 Å². The molecule has 10 heavy (non-hydrogen) atoms. The van der Waals surface area contributed by atoms with Crippen LogP contribution in [0.25, 0.3) is 0 Å². The van der Waals surface area contributed by atoms with Gasteiger partial charge in [0.15, 0.2) is 0 Å². The largest absolute Gasteiger partial charge is 0.0683 e. The molecule has 60 valence electrons. The average Bonchev–Trinajstić information content (AvgIpc) is 1.75. The molecule has 0 aliphatic rings. The number of rotatable bonds is 0. The van der Waals surface area contributed by atoms with Crippen molar-refractivity contribution in [2.75, 3.05) is 0 Å². The van der Waals surface area contributed by atoms with Crippen LogP contribution in [0.15, 0.2) is 0 Å². The van der Waals surface area contributed by atoms with E-state index in [9.17, 15) is 0 Å². The minimum Gasteiger partial charge on any atom is -0.0683 e. The lowest BCUT2D eigenvalue weighted by molar-refractivity contribution is 1.09. The van der Waals surface area contributed by atoms with E-state index in [1.54, 1.807) is 0 Å². The molecule has 0 aromatic rings. The fourth-order valence-corrected chi connectivity index (χ4v) is 0. The maximum Gasteiger partial charge on any atom is 0 e. The van der Waals surface area contributed by atoms with E-state index in [-0.39, 0.29) is 16.8 Å². The second-order valence-corrected chi connectivity index (χ2v) is 1.41. The molecule has 0 nitrogen and oxygen atoms in total. The van der Waals surface area contributed by atoms with E-state index in [1.165, 1.54) is 12.8 Å². The van der Waals surface area contributed by atoms with E-state index in [1.807, 2.05) is 13.8 Å². The minimum atomic E-state index is 0. The average molecular weight is 140 g/mol. The first kappa shape index (κ1) is 32.1. The molecule has 0 heterocycles. The Bertz CT molecular complexity index is 9.22. The smallest absolute Gasteiger partial charge is 0 e. The van der Waals surface area contributed by atoms with Crippen molar-refractivity contribution in [3.05, 3.63) is 0 Å². The molecule has 0 spiro atoms. The summed E-state index contributed by atoms with van der Waals surface area (Å²) in [6, 6.07) is 0. The van der Waals surface area contributed by atoms with Gasteiger partial charge in [-0.05, 0) is 0 Å². The van der Waals surface area contributed by atoms with Crippen molar-refractivity contribution in [1.82, 2.24) is 0 Å². The van der Waals surface area contributed by atoms with Crippen LogP contribution in [0.4, 0.5) is 0 Å². The highest BCUT2D eigenvalue weighted by Gasteiger charge is 1.36. The van der Waals surface area contributed by atoms with Gasteiger partial charge in [0, 0.05) is 16.8 Å². The van der Waals surface area contributed by atoms with Gasteiger partial charge in [-0.25, -0.2) is 0 Å². The van der Waals surface area contributed by atoms with Gasteiger partial charge in [0.1, 0.15) is 0 Å². The summed E-state index contributed by atoms with van der Waals surface area (Å²) < 4.78 is 0. The molecule has 0 saturated heterocycles. The summed E-state index contributed by atoms with van der Waals surface area (Å²) >= 11 is 0. The Kier molecular flexibility index (Phi) is 427. The Labute approximate surface area is 71.9 Å². The van der Waals surface area contributed by atoms with Gasteiger partial charge >= 0.3 is 0 Å². The Hall–Kier alpha value is 0.130. The maximum atomic E-state index is 2.12. The highest BCUT2D eigenvalue weighted by molar-refractivity contribution is 5.76. The Morgan fingerprint density at radius 3 is 0.600 bits per heavy atom. The maximum absolute atomic E-state index is 2.12. The summed E-state index contributed by atoms with van der Waals surface area (Å²) in [7, 11) is 0. The molecule has 0 aromatic heterocycles. The standard InChI is InChI=1S/2C3H8.C2H6.2B/c2*1-3-2;1-2;;/h2*3H2,1-2H3;1-2H3;;. The molecule has 0 atom stereocenters. The van der Waals surface area contributed by atoms with Crippen molar-refractivity contribution >= 4 is 16.8 Å². The molecular weight excluding hydrogens is 118 g/mol. The van der Waals surface area contributed by atoms with Gasteiger partial charge < -0.3 is 0 Å². The predicted octanol–water partition coefficient (Wildman–Crippen LogP) is 3.10. The lowest BCUT2D eigenvalue weighted by atomic mass is 10.6. The van der Waals surface area contributed by atoms with Crippen molar-refractivity contribution < 1.29 is 0 Å². The van der Waals surface area contributed by atoms with Gasteiger partial charge in [-0.1, -0.05) is 54.4 Å². The molecule has 0 aliphatic carbocycles. The predicted molar refractivity (Wildman–Crippen MR) is 54.8 cm³/mol. The molecule has 0 amide bonds. The fraction of sp³-hybridized carbons (Fsp3) is 1.00. The van der Waals surface area contributed by atoms with Gasteiger partial charge in [0.2, 0.25) is 0 Å². The fourth-order valence-electron chi connectivity index (χ4n) is 0. The summed E-state index contributed by atoms with van der Waals surface area (Å²) in [6.45, 7) is 12.5. The first-order valence-corrected chi connectivity index (χ1v) is 3.83. The van der Waals surface area contributed by atoms with Crippen LogP contribution in [0.1, 0.15) is 54.4 Å². The summed E-state index contributed by atoms with van der Waals surface area (Å²) in [5.74, 6) is 0. The van der Waals surface area contributed by atoms with E-state index in [4.69, 9.17) is 0 Å². The molecule has 0 aliphatic heterocycles. The van der Waals surface area contributed by atoms with Gasteiger partial charge in [-0.15, -0.1) is 0 Å². The van der Waals surface area contributed by atoms with Gasteiger partial charge in [-0.3, -0.25) is 0 Å². The Morgan fingerprint density at radius 1 is 0.600 bits per heavy atom. The third-order valence-electron chi connectivity index (χ3n) is 0. The molecule has 0 unspecified atom stereocenters. The second-order valence-electron chi connectivity index (χ2n) is 1.41. The summed E-state index contributed by atoms with van der Waals surface area (Å²) in [6.07, 6.45) is 2.50. The van der Waals surface area contributed by atoms with Crippen molar-refractivity contribution in [1.29, 1.82) is 0 Å². The van der Waals surface area contributed by atoms with Crippen LogP contribution in [0.3, 0.4) is 0 Å².